The van der Waals surface area contributed by atoms with Crippen molar-refractivity contribution >= 4 is 26.8 Å². The number of pyridine rings is 2. The summed E-state index contributed by atoms with van der Waals surface area (Å²) in [5.74, 6) is -3.30. The van der Waals surface area contributed by atoms with Crippen LogP contribution in [0.2, 0.25) is 0 Å². The van der Waals surface area contributed by atoms with Crippen molar-refractivity contribution in [1.29, 1.82) is 0 Å². The van der Waals surface area contributed by atoms with E-state index in [9.17, 15) is 17.6 Å². The number of nitrogens with two attached hydrogens (primary N) is 1. The summed E-state index contributed by atoms with van der Waals surface area (Å²) in [6.07, 6.45) is 6.10. The van der Waals surface area contributed by atoms with Crippen LogP contribution < -0.4 is 5.14 Å². The van der Waals surface area contributed by atoms with Gasteiger partial charge in [0.1, 0.15) is 22.5 Å². The molecule has 0 fully saturated rings. The fraction of sp³-hybridized carbons (Fsp3) is 0.136. The summed E-state index contributed by atoms with van der Waals surface area (Å²) in [6.45, 7) is 1.50. The average Bonchev–Trinajstić information content (AvgIpc) is 3.19. The van der Waals surface area contributed by atoms with Crippen LogP contribution in [0, 0.1) is 11.6 Å². The molecule has 0 radical (unpaired) electrons. The first kappa shape index (κ1) is 21.7. The van der Waals surface area contributed by atoms with Crippen LogP contribution in [0.25, 0.3) is 22.2 Å². The van der Waals surface area contributed by atoms with Crippen LogP contribution in [-0.2, 0) is 10.0 Å². The number of hydrogen-bond donors (Lipinski definition) is 2. The van der Waals surface area contributed by atoms with Gasteiger partial charge in [-0.1, -0.05) is 19.1 Å². The highest BCUT2D eigenvalue weighted by atomic mass is 32.2. The Hall–Kier alpha value is -3.50. The summed E-state index contributed by atoms with van der Waals surface area (Å²) in [4.78, 5) is 24.3. The fourth-order valence-corrected chi connectivity index (χ4v) is 4.67. The Morgan fingerprint density at radius 3 is 2.62 bits per heavy atom. The number of nitrogens with one attached hydrogen (secondary N) is 1. The SMILES string of the molecule is CCC(c1ccc(F)c(C(=O)c2c[nH]c3ncc(-c4cccnc4)cc23)c1F)S(N)(=O)=O. The Morgan fingerprint density at radius 1 is 1.19 bits per heavy atom. The van der Waals surface area contributed by atoms with Gasteiger partial charge in [0, 0.05) is 52.4 Å². The van der Waals surface area contributed by atoms with E-state index in [1.54, 1.807) is 30.7 Å². The highest BCUT2D eigenvalue weighted by Gasteiger charge is 2.30. The first-order chi connectivity index (χ1) is 15.2. The van der Waals surface area contributed by atoms with E-state index in [0.29, 0.717) is 16.6 Å². The number of halogens is 2. The highest BCUT2D eigenvalue weighted by Crippen LogP contribution is 2.32. The number of nitrogens with zero attached hydrogens (tertiary/aromatic N) is 2. The quantitative estimate of drug-likeness (QED) is 0.427. The lowest BCUT2D eigenvalue weighted by atomic mass is 9.97. The van der Waals surface area contributed by atoms with Gasteiger partial charge >= 0.3 is 0 Å². The molecule has 1 atom stereocenters. The lowest BCUT2D eigenvalue weighted by Gasteiger charge is -2.16. The normalized spacial score (nSPS) is 12.8. The van der Waals surface area contributed by atoms with Crippen molar-refractivity contribution in [2.45, 2.75) is 18.6 Å². The number of carbonyl (C=O) groups is 1. The molecule has 0 bridgehead atoms. The number of ketones is 1. The number of aromatic nitrogens is 3. The molecular formula is C22H18F2N4O3S. The average molecular weight is 456 g/mol. The van der Waals surface area contributed by atoms with Gasteiger partial charge in [-0.05, 0) is 24.6 Å². The number of primary sulfonamides is 1. The molecule has 4 aromatic rings. The first-order valence-electron chi connectivity index (χ1n) is 9.64. The van der Waals surface area contributed by atoms with E-state index in [0.717, 1.165) is 17.7 Å². The molecule has 3 heterocycles. The number of aromatic amines is 1. The van der Waals surface area contributed by atoms with E-state index in [1.165, 1.54) is 13.1 Å². The third kappa shape index (κ3) is 3.78. The minimum Gasteiger partial charge on any atom is -0.345 e. The fourth-order valence-electron chi connectivity index (χ4n) is 3.67. The van der Waals surface area contributed by atoms with Gasteiger partial charge in [-0.25, -0.2) is 27.3 Å². The van der Waals surface area contributed by atoms with Crippen LogP contribution in [-0.4, -0.2) is 29.2 Å². The van der Waals surface area contributed by atoms with Gasteiger partial charge in [0.15, 0.2) is 0 Å². The molecule has 7 nitrogen and oxygen atoms in total. The van der Waals surface area contributed by atoms with Gasteiger partial charge in [-0.2, -0.15) is 0 Å². The van der Waals surface area contributed by atoms with Gasteiger partial charge in [0.2, 0.25) is 15.8 Å². The summed E-state index contributed by atoms with van der Waals surface area (Å²) in [5.41, 5.74) is 0.561. The van der Waals surface area contributed by atoms with Crippen molar-refractivity contribution in [2.24, 2.45) is 5.14 Å². The van der Waals surface area contributed by atoms with Crippen LogP contribution in [0.3, 0.4) is 0 Å². The maximum Gasteiger partial charge on any atom is 0.216 e. The maximum atomic E-state index is 15.3. The standard InChI is InChI=1S/C22H18F2N4O3S/c1-2-18(32(25,30)31)14-5-6-17(23)19(20(14)24)21(29)16-11-28-22-15(16)8-13(10-27-22)12-4-3-7-26-9-12/h3-11,18H,2H2,1H3,(H,27,28)(H2,25,30,31). The van der Waals surface area contributed by atoms with E-state index in [-0.39, 0.29) is 17.5 Å². The van der Waals surface area contributed by atoms with Gasteiger partial charge < -0.3 is 4.98 Å². The number of fused-ring (bicyclic) bond motifs is 1. The third-order valence-electron chi connectivity index (χ3n) is 5.23. The van der Waals surface area contributed by atoms with Gasteiger partial charge in [-0.3, -0.25) is 9.78 Å². The summed E-state index contributed by atoms with van der Waals surface area (Å²) >= 11 is 0. The molecule has 1 unspecified atom stereocenters. The molecule has 10 heteroatoms. The number of sulfonamides is 1. The zero-order chi connectivity index (χ0) is 23.0. The highest BCUT2D eigenvalue weighted by molar-refractivity contribution is 7.89. The van der Waals surface area contributed by atoms with Gasteiger partial charge in [0.05, 0.1) is 5.56 Å². The first-order valence-corrected chi connectivity index (χ1v) is 11.2. The summed E-state index contributed by atoms with van der Waals surface area (Å²) in [5, 5.41) is 4.16. The molecule has 0 saturated heterocycles. The van der Waals surface area contributed by atoms with E-state index in [1.807, 2.05) is 6.07 Å². The van der Waals surface area contributed by atoms with Gasteiger partial charge in [-0.15, -0.1) is 0 Å². The van der Waals surface area contributed by atoms with E-state index in [2.05, 4.69) is 15.0 Å². The number of carbonyl (C=O) groups excluding carboxylic acids is 1. The van der Waals surface area contributed by atoms with Crippen LogP contribution >= 0.6 is 0 Å². The molecule has 0 aliphatic rings. The van der Waals surface area contributed by atoms with Crippen molar-refractivity contribution in [2.75, 3.05) is 0 Å². The monoisotopic (exact) mass is 456 g/mol. The smallest absolute Gasteiger partial charge is 0.216 e. The van der Waals surface area contributed by atoms with E-state index in [4.69, 9.17) is 5.14 Å². The van der Waals surface area contributed by atoms with E-state index >= 15 is 4.39 Å². The molecule has 0 amide bonds. The Morgan fingerprint density at radius 2 is 1.97 bits per heavy atom. The van der Waals surface area contributed by atoms with Crippen molar-refractivity contribution < 1.29 is 22.0 Å². The minimum atomic E-state index is -4.17. The van der Waals surface area contributed by atoms with Crippen molar-refractivity contribution in [3.05, 3.63) is 83.4 Å². The predicted molar refractivity (Wildman–Crippen MR) is 115 cm³/mol. The second-order valence-electron chi connectivity index (χ2n) is 7.20. The maximum absolute atomic E-state index is 15.3. The lowest BCUT2D eigenvalue weighted by Crippen LogP contribution is -2.23. The Labute approximate surface area is 182 Å². The molecule has 3 N–H and O–H groups in total. The molecule has 0 spiro atoms. The van der Waals surface area contributed by atoms with Crippen LogP contribution in [0.15, 0.2) is 55.1 Å². The lowest BCUT2D eigenvalue weighted by molar-refractivity contribution is 0.103. The molecule has 3 aromatic heterocycles. The van der Waals surface area contributed by atoms with Crippen molar-refractivity contribution in [1.82, 2.24) is 15.0 Å². The molecule has 0 saturated carbocycles. The van der Waals surface area contributed by atoms with Crippen LogP contribution in [0.5, 0.6) is 0 Å². The van der Waals surface area contributed by atoms with Gasteiger partial charge in [0.25, 0.3) is 0 Å². The molecule has 0 aliphatic carbocycles. The molecule has 4 rings (SSSR count). The third-order valence-corrected chi connectivity index (χ3v) is 6.61. The molecule has 32 heavy (non-hydrogen) atoms. The number of hydrogen-bond acceptors (Lipinski definition) is 5. The van der Waals surface area contributed by atoms with Crippen LogP contribution in [0.4, 0.5) is 8.78 Å². The summed E-state index contributed by atoms with van der Waals surface area (Å²) < 4.78 is 53.6. The van der Waals surface area contributed by atoms with E-state index < -0.39 is 38.3 Å². The molecular weight excluding hydrogens is 438 g/mol. The molecule has 0 aliphatic heterocycles. The largest absolute Gasteiger partial charge is 0.345 e. The molecule has 164 valence electrons. The zero-order valence-corrected chi connectivity index (χ0v) is 17.7. The van der Waals surface area contributed by atoms with Crippen molar-refractivity contribution in [3.8, 4) is 11.1 Å². The summed E-state index contributed by atoms with van der Waals surface area (Å²) in [7, 11) is -4.17. The number of rotatable bonds is 6. The second-order valence-corrected chi connectivity index (χ2v) is 8.95. The predicted octanol–water partition coefficient (Wildman–Crippen LogP) is 3.87. The van der Waals surface area contributed by atoms with Crippen LogP contribution in [0.1, 0.15) is 40.1 Å². The Balaban J connectivity index is 1.86. The minimum absolute atomic E-state index is 0.00292. The Kier molecular flexibility index (Phi) is 5.57. The number of benzene rings is 1. The second kappa shape index (κ2) is 8.21. The summed E-state index contributed by atoms with van der Waals surface area (Å²) in [6, 6.07) is 7.09. The van der Waals surface area contributed by atoms with Crippen molar-refractivity contribution in [3.63, 3.8) is 0 Å². The topological polar surface area (TPSA) is 119 Å². The zero-order valence-electron chi connectivity index (χ0n) is 16.8. The Bertz CT molecular complexity index is 1440. The number of H-pyrrole nitrogens is 1. The molecule has 1 aromatic carbocycles.